The summed E-state index contributed by atoms with van der Waals surface area (Å²) in [6, 6.07) is 20.6. The molecule has 1 heterocycles. The second-order valence-corrected chi connectivity index (χ2v) is 8.50. The molecule has 1 aliphatic carbocycles. The molecular weight excluding hydrogens is 376 g/mol. The Morgan fingerprint density at radius 1 is 0.800 bits per heavy atom. The molecule has 30 heavy (non-hydrogen) atoms. The number of ether oxygens (including phenoxy) is 4. The fourth-order valence-electron chi connectivity index (χ4n) is 4.45. The van der Waals surface area contributed by atoms with Crippen LogP contribution in [-0.4, -0.2) is 30.7 Å². The monoisotopic (exact) mass is 410 g/mol. The van der Waals surface area contributed by atoms with Crippen molar-refractivity contribution in [3.63, 3.8) is 0 Å². The van der Waals surface area contributed by atoms with Gasteiger partial charge in [0, 0.05) is 6.42 Å². The van der Waals surface area contributed by atoms with Crippen LogP contribution in [0, 0.1) is 0 Å². The molecule has 1 saturated carbocycles. The van der Waals surface area contributed by atoms with E-state index in [2.05, 4.69) is 31.2 Å². The molecule has 0 aromatic heterocycles. The minimum Gasteiger partial charge on any atom is -0.371 e. The number of hydrogen-bond donors (Lipinski definition) is 0. The predicted octanol–water partition coefficient (Wildman–Crippen LogP) is 5.64. The maximum Gasteiger partial charge on any atom is 0.161 e. The largest absolute Gasteiger partial charge is 0.371 e. The maximum atomic E-state index is 6.37. The second kappa shape index (κ2) is 11.1. The molecule has 1 saturated heterocycles. The number of rotatable bonds is 8. The quantitative estimate of drug-likeness (QED) is 0.564. The van der Waals surface area contributed by atoms with Crippen molar-refractivity contribution in [2.45, 2.75) is 89.4 Å². The van der Waals surface area contributed by atoms with E-state index in [0.717, 1.165) is 18.4 Å². The highest BCUT2D eigenvalue weighted by Gasteiger charge is 2.39. The van der Waals surface area contributed by atoms with Crippen LogP contribution in [0.3, 0.4) is 0 Å². The Morgan fingerprint density at radius 3 is 2.03 bits per heavy atom. The van der Waals surface area contributed by atoms with Crippen molar-refractivity contribution in [3.05, 3.63) is 71.8 Å². The third kappa shape index (κ3) is 6.14. The van der Waals surface area contributed by atoms with E-state index < -0.39 is 0 Å². The summed E-state index contributed by atoms with van der Waals surface area (Å²) >= 11 is 0. The van der Waals surface area contributed by atoms with Crippen LogP contribution in [0.2, 0.25) is 0 Å². The molecular formula is C26H34O4. The van der Waals surface area contributed by atoms with E-state index in [1.807, 2.05) is 36.4 Å². The first kappa shape index (κ1) is 21.5. The molecule has 4 atom stereocenters. The highest BCUT2D eigenvalue weighted by atomic mass is 16.7. The van der Waals surface area contributed by atoms with Crippen LogP contribution in [0.25, 0.3) is 0 Å². The summed E-state index contributed by atoms with van der Waals surface area (Å²) < 4.78 is 25.3. The fraction of sp³-hybridized carbons (Fsp3) is 0.538. The van der Waals surface area contributed by atoms with Crippen LogP contribution in [0.15, 0.2) is 60.7 Å². The zero-order valence-electron chi connectivity index (χ0n) is 18.0. The zero-order valence-corrected chi connectivity index (χ0v) is 18.0. The minimum atomic E-state index is -0.222. The van der Waals surface area contributed by atoms with E-state index in [-0.39, 0.29) is 24.6 Å². The molecule has 4 nitrogen and oxygen atoms in total. The van der Waals surface area contributed by atoms with Gasteiger partial charge in [-0.3, -0.25) is 0 Å². The Balaban J connectivity index is 1.39. The van der Waals surface area contributed by atoms with Gasteiger partial charge in [0.25, 0.3) is 0 Å². The fourth-order valence-corrected chi connectivity index (χ4v) is 4.45. The molecule has 2 fully saturated rings. The van der Waals surface area contributed by atoms with Crippen molar-refractivity contribution in [2.24, 2.45) is 0 Å². The van der Waals surface area contributed by atoms with E-state index in [1.54, 1.807) is 0 Å². The van der Waals surface area contributed by atoms with Crippen molar-refractivity contribution in [3.8, 4) is 0 Å². The van der Waals surface area contributed by atoms with Crippen LogP contribution < -0.4 is 0 Å². The van der Waals surface area contributed by atoms with Crippen molar-refractivity contribution >= 4 is 0 Å². The van der Waals surface area contributed by atoms with E-state index in [9.17, 15) is 0 Å². The van der Waals surface area contributed by atoms with E-state index in [0.29, 0.717) is 25.7 Å². The van der Waals surface area contributed by atoms with Gasteiger partial charge in [-0.1, -0.05) is 79.9 Å². The smallest absolute Gasteiger partial charge is 0.161 e. The molecule has 4 heteroatoms. The van der Waals surface area contributed by atoms with Gasteiger partial charge in [-0.2, -0.15) is 0 Å². The third-order valence-corrected chi connectivity index (χ3v) is 6.11. The molecule has 0 amide bonds. The van der Waals surface area contributed by atoms with E-state index in [1.165, 1.54) is 24.8 Å². The molecule has 2 aliphatic rings. The Kier molecular flexibility index (Phi) is 7.93. The molecule has 1 aliphatic heterocycles. The summed E-state index contributed by atoms with van der Waals surface area (Å²) in [5, 5.41) is 0. The number of benzene rings is 2. The summed E-state index contributed by atoms with van der Waals surface area (Å²) in [6.07, 6.45) is 6.62. The Bertz CT molecular complexity index is 729. The van der Waals surface area contributed by atoms with Gasteiger partial charge in [0.1, 0.15) is 6.10 Å². The normalized spacial score (nSPS) is 27.8. The molecule has 2 aromatic rings. The molecule has 4 rings (SSSR count). The standard InChI is InChI=1S/C26H34O4/c1-20-26(28-19-22-13-7-3-8-14-22)24(27-18-21-11-5-2-6-12-21)17-25(29-20)30-23-15-9-4-10-16-23/h2-3,5-8,11-14,20,23-26H,4,9-10,15-19H2,1H3/t20-,24-,25+,26-/m0/s1. The highest BCUT2D eigenvalue weighted by Crippen LogP contribution is 2.30. The first-order valence-corrected chi connectivity index (χ1v) is 11.4. The summed E-state index contributed by atoms with van der Waals surface area (Å²) in [5.41, 5.74) is 2.33. The summed E-state index contributed by atoms with van der Waals surface area (Å²) in [5.74, 6) is 0. The van der Waals surface area contributed by atoms with Gasteiger partial charge < -0.3 is 18.9 Å². The SMILES string of the molecule is C[C@@H]1O[C@H](OC2CCCCC2)C[C@H](OCc2ccccc2)[C@H]1OCc1ccccc1. The highest BCUT2D eigenvalue weighted by molar-refractivity contribution is 5.14. The van der Waals surface area contributed by atoms with Crippen LogP contribution in [0.4, 0.5) is 0 Å². The Morgan fingerprint density at radius 2 is 1.40 bits per heavy atom. The van der Waals surface area contributed by atoms with Crippen LogP contribution >= 0.6 is 0 Å². The average molecular weight is 411 g/mol. The van der Waals surface area contributed by atoms with Gasteiger partial charge >= 0.3 is 0 Å². The van der Waals surface area contributed by atoms with Gasteiger partial charge in [0.2, 0.25) is 0 Å². The van der Waals surface area contributed by atoms with Gasteiger partial charge in [-0.05, 0) is 30.9 Å². The Hall–Kier alpha value is -1.72. The van der Waals surface area contributed by atoms with Crippen LogP contribution in [-0.2, 0) is 32.2 Å². The van der Waals surface area contributed by atoms with Crippen LogP contribution in [0.5, 0.6) is 0 Å². The predicted molar refractivity (Wildman–Crippen MR) is 117 cm³/mol. The lowest BCUT2D eigenvalue weighted by Gasteiger charge is -2.41. The molecule has 0 unspecified atom stereocenters. The molecule has 0 spiro atoms. The van der Waals surface area contributed by atoms with Crippen molar-refractivity contribution < 1.29 is 18.9 Å². The molecule has 0 radical (unpaired) electrons. The topological polar surface area (TPSA) is 36.9 Å². The molecule has 0 N–H and O–H groups in total. The van der Waals surface area contributed by atoms with E-state index in [4.69, 9.17) is 18.9 Å². The van der Waals surface area contributed by atoms with Gasteiger partial charge in [0.05, 0.1) is 31.5 Å². The number of hydrogen-bond acceptors (Lipinski definition) is 4. The van der Waals surface area contributed by atoms with Crippen molar-refractivity contribution in [2.75, 3.05) is 0 Å². The maximum absolute atomic E-state index is 6.37. The summed E-state index contributed by atoms with van der Waals surface area (Å²) in [6.45, 7) is 3.20. The van der Waals surface area contributed by atoms with E-state index >= 15 is 0 Å². The molecule has 162 valence electrons. The van der Waals surface area contributed by atoms with Crippen LogP contribution in [0.1, 0.15) is 56.6 Å². The minimum absolute atomic E-state index is 0.0636. The first-order valence-electron chi connectivity index (χ1n) is 11.4. The third-order valence-electron chi connectivity index (χ3n) is 6.11. The van der Waals surface area contributed by atoms with Gasteiger partial charge in [-0.15, -0.1) is 0 Å². The van der Waals surface area contributed by atoms with Crippen molar-refractivity contribution in [1.82, 2.24) is 0 Å². The van der Waals surface area contributed by atoms with Gasteiger partial charge in [0.15, 0.2) is 6.29 Å². The van der Waals surface area contributed by atoms with Gasteiger partial charge in [-0.25, -0.2) is 0 Å². The zero-order chi connectivity index (χ0) is 20.6. The summed E-state index contributed by atoms with van der Waals surface area (Å²) in [7, 11) is 0. The summed E-state index contributed by atoms with van der Waals surface area (Å²) in [4.78, 5) is 0. The van der Waals surface area contributed by atoms with Crippen molar-refractivity contribution in [1.29, 1.82) is 0 Å². The molecule has 2 aromatic carbocycles. The Labute approximate surface area is 180 Å². The average Bonchev–Trinajstić information content (AvgIpc) is 2.79. The lowest BCUT2D eigenvalue weighted by Crippen LogP contribution is -2.50. The second-order valence-electron chi connectivity index (χ2n) is 8.50. The molecule has 0 bridgehead atoms. The lowest BCUT2D eigenvalue weighted by molar-refractivity contribution is -0.278. The lowest BCUT2D eigenvalue weighted by atomic mass is 9.97. The first-order chi connectivity index (χ1) is 14.8.